The van der Waals surface area contributed by atoms with E-state index in [1.165, 1.54) is 0 Å². The van der Waals surface area contributed by atoms with E-state index in [9.17, 15) is 0 Å². The van der Waals surface area contributed by atoms with Gasteiger partial charge in [-0.15, -0.1) is 0 Å². The Morgan fingerprint density at radius 1 is 1.14 bits per heavy atom. The molecule has 14 heavy (non-hydrogen) atoms. The SMILES string of the molecule is Cc1c(N)oc2oc3ccccc3c12. The van der Waals surface area contributed by atoms with Crippen molar-refractivity contribution in [1.29, 1.82) is 0 Å². The van der Waals surface area contributed by atoms with Crippen LogP contribution in [0.3, 0.4) is 0 Å². The average Bonchev–Trinajstić information content (AvgIpc) is 2.65. The summed E-state index contributed by atoms with van der Waals surface area (Å²) in [6.07, 6.45) is 0. The van der Waals surface area contributed by atoms with Crippen LogP contribution in [0.5, 0.6) is 0 Å². The number of fused-ring (bicyclic) bond motifs is 3. The molecule has 0 atom stereocenters. The summed E-state index contributed by atoms with van der Waals surface area (Å²) < 4.78 is 10.8. The Bertz CT molecular complexity index is 619. The molecular formula is C11H9NO2. The maximum Gasteiger partial charge on any atom is 0.300 e. The monoisotopic (exact) mass is 187 g/mol. The van der Waals surface area contributed by atoms with Crippen LogP contribution in [0.15, 0.2) is 33.1 Å². The summed E-state index contributed by atoms with van der Waals surface area (Å²) >= 11 is 0. The van der Waals surface area contributed by atoms with E-state index >= 15 is 0 Å². The van der Waals surface area contributed by atoms with Crippen LogP contribution in [0.2, 0.25) is 0 Å². The number of aryl methyl sites for hydroxylation is 1. The van der Waals surface area contributed by atoms with Crippen molar-refractivity contribution < 1.29 is 8.83 Å². The van der Waals surface area contributed by atoms with Gasteiger partial charge in [0.25, 0.3) is 5.78 Å². The molecule has 0 saturated carbocycles. The lowest BCUT2D eigenvalue weighted by molar-refractivity contribution is 0.510. The van der Waals surface area contributed by atoms with E-state index in [1.54, 1.807) is 0 Å². The molecule has 0 fully saturated rings. The number of anilines is 1. The maximum absolute atomic E-state index is 5.66. The fourth-order valence-electron chi connectivity index (χ4n) is 1.75. The zero-order valence-corrected chi connectivity index (χ0v) is 7.70. The first kappa shape index (κ1) is 7.50. The van der Waals surface area contributed by atoms with Crippen LogP contribution in [-0.2, 0) is 0 Å². The molecule has 0 spiro atoms. The summed E-state index contributed by atoms with van der Waals surface area (Å²) in [6, 6.07) is 7.83. The molecule has 2 heterocycles. The number of rotatable bonds is 0. The Labute approximate surface area is 80.1 Å². The fourth-order valence-corrected chi connectivity index (χ4v) is 1.75. The zero-order chi connectivity index (χ0) is 9.71. The molecule has 3 heteroatoms. The predicted octanol–water partition coefficient (Wildman–Crippen LogP) is 3.07. The maximum atomic E-state index is 5.66. The van der Waals surface area contributed by atoms with Crippen molar-refractivity contribution in [2.45, 2.75) is 6.92 Å². The van der Waals surface area contributed by atoms with Crippen LogP contribution < -0.4 is 5.73 Å². The van der Waals surface area contributed by atoms with Crippen LogP contribution in [0, 0.1) is 6.92 Å². The van der Waals surface area contributed by atoms with E-state index in [-0.39, 0.29) is 0 Å². The second-order valence-electron chi connectivity index (χ2n) is 3.35. The van der Waals surface area contributed by atoms with E-state index in [0.717, 1.165) is 21.9 Å². The van der Waals surface area contributed by atoms with Crippen LogP contribution >= 0.6 is 0 Å². The first-order valence-electron chi connectivity index (χ1n) is 4.43. The Morgan fingerprint density at radius 2 is 1.93 bits per heavy atom. The zero-order valence-electron chi connectivity index (χ0n) is 7.70. The van der Waals surface area contributed by atoms with Crippen molar-refractivity contribution in [2.75, 3.05) is 5.73 Å². The average molecular weight is 187 g/mol. The number of hydrogen-bond donors (Lipinski definition) is 1. The van der Waals surface area contributed by atoms with Crippen molar-refractivity contribution in [3.63, 3.8) is 0 Å². The lowest BCUT2D eigenvalue weighted by atomic mass is 10.1. The van der Waals surface area contributed by atoms with Crippen molar-refractivity contribution in [3.05, 3.63) is 29.8 Å². The predicted molar refractivity (Wildman–Crippen MR) is 55.1 cm³/mol. The highest BCUT2D eigenvalue weighted by atomic mass is 16.5. The van der Waals surface area contributed by atoms with Gasteiger partial charge in [-0.1, -0.05) is 18.2 Å². The molecule has 70 valence electrons. The van der Waals surface area contributed by atoms with Crippen molar-refractivity contribution in [3.8, 4) is 0 Å². The third-order valence-electron chi connectivity index (χ3n) is 2.51. The highest BCUT2D eigenvalue weighted by molar-refractivity contribution is 6.06. The quantitative estimate of drug-likeness (QED) is 0.588. The summed E-state index contributed by atoms with van der Waals surface area (Å²) in [5.74, 6) is 0.950. The topological polar surface area (TPSA) is 52.3 Å². The van der Waals surface area contributed by atoms with Gasteiger partial charge in [0.1, 0.15) is 5.58 Å². The molecule has 0 saturated heterocycles. The summed E-state index contributed by atoms with van der Waals surface area (Å²) in [5.41, 5.74) is 7.45. The highest BCUT2D eigenvalue weighted by Gasteiger charge is 2.15. The molecule has 0 aliphatic heterocycles. The number of nitrogen functional groups attached to an aromatic ring is 1. The number of hydrogen-bond acceptors (Lipinski definition) is 3. The molecule has 0 aliphatic rings. The second kappa shape index (κ2) is 2.32. The molecule has 3 nitrogen and oxygen atoms in total. The lowest BCUT2D eigenvalue weighted by Gasteiger charge is -1.88. The Balaban J connectivity index is 2.62. The first-order chi connectivity index (χ1) is 6.77. The first-order valence-corrected chi connectivity index (χ1v) is 4.43. The van der Waals surface area contributed by atoms with Gasteiger partial charge in [0.15, 0.2) is 5.88 Å². The minimum Gasteiger partial charge on any atom is -0.425 e. The number of furan rings is 2. The van der Waals surface area contributed by atoms with E-state index in [2.05, 4.69) is 0 Å². The van der Waals surface area contributed by atoms with Crippen LogP contribution in [0.25, 0.3) is 22.1 Å². The van der Waals surface area contributed by atoms with Gasteiger partial charge < -0.3 is 14.6 Å². The molecule has 3 rings (SSSR count). The normalized spacial score (nSPS) is 11.5. The van der Waals surface area contributed by atoms with Crippen LogP contribution in [-0.4, -0.2) is 0 Å². The molecule has 2 N–H and O–H groups in total. The third-order valence-corrected chi connectivity index (χ3v) is 2.51. The third kappa shape index (κ3) is 0.763. The standard InChI is InChI=1S/C11H9NO2/c1-6-9-7-4-2-3-5-8(7)13-11(9)14-10(6)12/h2-5H,12H2,1H3. The van der Waals surface area contributed by atoms with Gasteiger partial charge in [0.2, 0.25) is 0 Å². The van der Waals surface area contributed by atoms with E-state index < -0.39 is 0 Å². The molecule has 0 amide bonds. The molecule has 3 aromatic rings. The van der Waals surface area contributed by atoms with Crippen molar-refractivity contribution >= 4 is 28.0 Å². The van der Waals surface area contributed by atoms with Crippen molar-refractivity contribution in [1.82, 2.24) is 0 Å². The second-order valence-corrected chi connectivity index (χ2v) is 3.35. The van der Waals surface area contributed by atoms with E-state index in [4.69, 9.17) is 14.6 Å². The van der Waals surface area contributed by atoms with E-state index in [0.29, 0.717) is 11.7 Å². The molecule has 2 aromatic heterocycles. The molecule has 0 bridgehead atoms. The molecule has 0 aliphatic carbocycles. The number of nitrogens with two attached hydrogens (primary N) is 1. The summed E-state index contributed by atoms with van der Waals surface area (Å²) in [7, 11) is 0. The van der Waals surface area contributed by atoms with Crippen LogP contribution in [0.1, 0.15) is 5.56 Å². The summed E-state index contributed by atoms with van der Waals surface area (Å²) in [5, 5.41) is 2.04. The van der Waals surface area contributed by atoms with Gasteiger partial charge >= 0.3 is 0 Å². The van der Waals surface area contributed by atoms with Gasteiger partial charge in [-0.05, 0) is 13.0 Å². The Morgan fingerprint density at radius 3 is 2.79 bits per heavy atom. The Kier molecular flexibility index (Phi) is 1.24. The molecule has 0 unspecified atom stereocenters. The van der Waals surface area contributed by atoms with Gasteiger partial charge in [-0.2, -0.15) is 0 Å². The Hall–Kier alpha value is -1.90. The molecule has 0 radical (unpaired) electrons. The summed E-state index contributed by atoms with van der Waals surface area (Å²) in [6.45, 7) is 1.93. The minimum atomic E-state index is 0.435. The fraction of sp³-hybridized carbons (Fsp3) is 0.0909. The highest BCUT2D eigenvalue weighted by Crippen LogP contribution is 2.35. The van der Waals surface area contributed by atoms with Gasteiger partial charge in [0.05, 0.1) is 5.39 Å². The van der Waals surface area contributed by atoms with Gasteiger partial charge in [-0.3, -0.25) is 0 Å². The number of benzene rings is 1. The molecular weight excluding hydrogens is 178 g/mol. The number of para-hydroxylation sites is 1. The molecule has 1 aromatic carbocycles. The lowest BCUT2D eigenvalue weighted by Crippen LogP contribution is -1.82. The van der Waals surface area contributed by atoms with Gasteiger partial charge in [-0.25, -0.2) is 0 Å². The smallest absolute Gasteiger partial charge is 0.300 e. The van der Waals surface area contributed by atoms with Gasteiger partial charge in [0, 0.05) is 10.9 Å². The van der Waals surface area contributed by atoms with Crippen LogP contribution in [0.4, 0.5) is 5.88 Å². The van der Waals surface area contributed by atoms with E-state index in [1.807, 2.05) is 31.2 Å². The minimum absolute atomic E-state index is 0.435. The largest absolute Gasteiger partial charge is 0.425 e. The summed E-state index contributed by atoms with van der Waals surface area (Å²) in [4.78, 5) is 0. The van der Waals surface area contributed by atoms with Crippen molar-refractivity contribution in [2.24, 2.45) is 0 Å².